The quantitative estimate of drug-likeness (QED) is 0.611. The van der Waals surface area contributed by atoms with Gasteiger partial charge in [0.25, 0.3) is 11.9 Å². The first-order chi connectivity index (χ1) is 8.54. The van der Waals surface area contributed by atoms with Crippen LogP contribution in [0.4, 0.5) is 23.2 Å². The van der Waals surface area contributed by atoms with Gasteiger partial charge in [-0.1, -0.05) is 6.42 Å². The fourth-order valence-corrected chi connectivity index (χ4v) is 2.12. The highest BCUT2D eigenvalue weighted by atomic mass is 19.2. The van der Waals surface area contributed by atoms with Gasteiger partial charge in [-0.2, -0.15) is 22.5 Å². The van der Waals surface area contributed by atoms with Crippen molar-refractivity contribution < 1.29 is 17.6 Å². The Hall–Kier alpha value is -1.33. The molecular weight excluding hydrogens is 248 g/mol. The molecule has 0 aliphatic heterocycles. The third-order valence-electron chi connectivity index (χ3n) is 3.38. The summed E-state index contributed by atoms with van der Waals surface area (Å²) in [6.45, 7) is 2.38. The van der Waals surface area contributed by atoms with Crippen LogP contribution in [0.5, 0.6) is 0 Å². The summed E-state index contributed by atoms with van der Waals surface area (Å²) in [5.41, 5.74) is -0.644. The van der Waals surface area contributed by atoms with E-state index in [2.05, 4.69) is 4.98 Å². The summed E-state index contributed by atoms with van der Waals surface area (Å²) in [5, 5.41) is 0. The molecule has 100 valence electrons. The van der Waals surface area contributed by atoms with Crippen LogP contribution in [0, 0.1) is 29.4 Å². The summed E-state index contributed by atoms with van der Waals surface area (Å²) in [6, 6.07) is 0. The largest absolute Gasteiger partial charge is 0.367 e. The second-order valence-electron chi connectivity index (χ2n) is 4.51. The predicted molar refractivity (Wildman–Crippen MR) is 59.3 cm³/mol. The molecule has 2 nitrogen and oxygen atoms in total. The maximum atomic E-state index is 13.6. The third kappa shape index (κ3) is 2.28. The molecule has 0 bridgehead atoms. The van der Waals surface area contributed by atoms with Crippen LogP contribution >= 0.6 is 0 Å². The van der Waals surface area contributed by atoms with Gasteiger partial charge in [0.15, 0.2) is 0 Å². The number of rotatable bonds is 4. The number of anilines is 1. The molecule has 1 aromatic rings. The average molecular weight is 262 g/mol. The smallest absolute Gasteiger partial charge is 0.253 e. The molecule has 0 saturated heterocycles. The molecule has 1 heterocycles. The Morgan fingerprint density at radius 2 is 1.67 bits per heavy atom. The first-order valence-electron chi connectivity index (χ1n) is 5.99. The van der Waals surface area contributed by atoms with Crippen LogP contribution in [0.1, 0.15) is 26.2 Å². The number of hydrogen-bond acceptors (Lipinski definition) is 2. The van der Waals surface area contributed by atoms with Crippen LogP contribution in [0.25, 0.3) is 0 Å². The van der Waals surface area contributed by atoms with Crippen molar-refractivity contribution in [3.63, 3.8) is 0 Å². The molecule has 0 N–H and O–H groups in total. The Labute approximate surface area is 103 Å². The maximum absolute atomic E-state index is 13.6. The summed E-state index contributed by atoms with van der Waals surface area (Å²) in [5.74, 6) is -5.71. The molecule has 1 aliphatic carbocycles. The van der Waals surface area contributed by atoms with E-state index in [1.807, 2.05) is 0 Å². The lowest BCUT2D eigenvalue weighted by Crippen LogP contribution is -2.34. The van der Waals surface area contributed by atoms with Crippen LogP contribution in [0.2, 0.25) is 0 Å². The maximum Gasteiger partial charge on any atom is 0.253 e. The van der Waals surface area contributed by atoms with Crippen molar-refractivity contribution in [3.05, 3.63) is 23.5 Å². The van der Waals surface area contributed by atoms with E-state index in [1.54, 1.807) is 6.92 Å². The molecule has 0 unspecified atom stereocenters. The van der Waals surface area contributed by atoms with Gasteiger partial charge >= 0.3 is 0 Å². The summed E-state index contributed by atoms with van der Waals surface area (Å²) >= 11 is 0. The molecule has 0 aromatic carbocycles. The molecule has 1 fully saturated rings. The zero-order valence-corrected chi connectivity index (χ0v) is 10.0. The fourth-order valence-electron chi connectivity index (χ4n) is 2.12. The minimum Gasteiger partial charge on any atom is -0.367 e. The van der Waals surface area contributed by atoms with Gasteiger partial charge in [-0.3, -0.25) is 0 Å². The van der Waals surface area contributed by atoms with E-state index in [4.69, 9.17) is 0 Å². The van der Waals surface area contributed by atoms with Gasteiger partial charge in [-0.25, -0.2) is 0 Å². The summed E-state index contributed by atoms with van der Waals surface area (Å²) in [6.07, 6.45) is 3.05. The molecule has 0 radical (unpaired) electrons. The third-order valence-corrected chi connectivity index (χ3v) is 3.38. The van der Waals surface area contributed by atoms with Gasteiger partial charge in [0.2, 0.25) is 11.6 Å². The van der Waals surface area contributed by atoms with E-state index in [0.29, 0.717) is 12.5 Å². The van der Waals surface area contributed by atoms with Crippen LogP contribution in [0.15, 0.2) is 0 Å². The fraction of sp³-hybridized carbons (Fsp3) is 0.583. The second-order valence-corrected chi connectivity index (χ2v) is 4.51. The number of aromatic nitrogens is 1. The van der Waals surface area contributed by atoms with Crippen LogP contribution in [-0.2, 0) is 0 Å². The lowest BCUT2D eigenvalue weighted by atomic mass is 9.85. The molecule has 2 rings (SSSR count). The van der Waals surface area contributed by atoms with Crippen molar-refractivity contribution in [2.45, 2.75) is 26.2 Å². The Balaban J connectivity index is 2.33. The normalized spacial score (nSPS) is 15.6. The average Bonchev–Trinajstić information content (AvgIpc) is 2.28. The number of hydrogen-bond donors (Lipinski definition) is 0. The minimum absolute atomic E-state index is 0.285. The zero-order valence-electron chi connectivity index (χ0n) is 10.0. The molecule has 1 aliphatic rings. The Bertz CT molecular complexity index is 420. The van der Waals surface area contributed by atoms with Crippen molar-refractivity contribution in [2.75, 3.05) is 18.0 Å². The second kappa shape index (κ2) is 5.12. The first kappa shape index (κ1) is 13.1. The van der Waals surface area contributed by atoms with Crippen molar-refractivity contribution in [3.8, 4) is 0 Å². The highest BCUT2D eigenvalue weighted by Gasteiger charge is 2.27. The van der Waals surface area contributed by atoms with Gasteiger partial charge < -0.3 is 4.90 Å². The highest BCUT2D eigenvalue weighted by Crippen LogP contribution is 2.31. The van der Waals surface area contributed by atoms with E-state index >= 15 is 0 Å². The topological polar surface area (TPSA) is 16.1 Å². The van der Waals surface area contributed by atoms with Gasteiger partial charge in [0.1, 0.15) is 5.69 Å². The van der Waals surface area contributed by atoms with E-state index in [-0.39, 0.29) is 6.54 Å². The Morgan fingerprint density at radius 1 is 1.11 bits per heavy atom. The Morgan fingerprint density at radius 3 is 2.06 bits per heavy atom. The van der Waals surface area contributed by atoms with Crippen molar-refractivity contribution in [1.82, 2.24) is 4.98 Å². The van der Waals surface area contributed by atoms with E-state index in [1.165, 1.54) is 4.90 Å². The summed E-state index contributed by atoms with van der Waals surface area (Å²) < 4.78 is 53.2. The standard InChI is InChI=1S/C12H14F4N2/c1-2-18(6-7-4-3-5-7)10-8(13)11(15)17-12(16)9(10)14/h7H,2-6H2,1H3. The highest BCUT2D eigenvalue weighted by molar-refractivity contribution is 5.48. The molecule has 1 saturated carbocycles. The van der Waals surface area contributed by atoms with Crippen LogP contribution in [-0.4, -0.2) is 18.1 Å². The number of pyridine rings is 1. The summed E-state index contributed by atoms with van der Waals surface area (Å²) in [4.78, 5) is 3.89. The molecular formula is C12H14F4N2. The molecule has 0 atom stereocenters. The SMILES string of the molecule is CCN(CC1CCC1)c1c(F)c(F)nc(F)c1F. The lowest BCUT2D eigenvalue weighted by Gasteiger charge is -2.33. The molecule has 0 amide bonds. The number of nitrogens with zero attached hydrogens (tertiary/aromatic N) is 2. The Kier molecular flexibility index (Phi) is 3.73. The number of halogens is 4. The predicted octanol–water partition coefficient (Wildman–Crippen LogP) is 3.26. The van der Waals surface area contributed by atoms with E-state index in [9.17, 15) is 17.6 Å². The van der Waals surface area contributed by atoms with E-state index < -0.39 is 29.2 Å². The molecule has 18 heavy (non-hydrogen) atoms. The van der Waals surface area contributed by atoms with Crippen molar-refractivity contribution in [2.24, 2.45) is 5.92 Å². The molecule has 6 heteroatoms. The van der Waals surface area contributed by atoms with E-state index in [0.717, 1.165) is 19.3 Å². The monoisotopic (exact) mass is 262 g/mol. The van der Waals surface area contributed by atoms with Gasteiger partial charge in [0.05, 0.1) is 0 Å². The lowest BCUT2D eigenvalue weighted by molar-refractivity contribution is 0.315. The minimum atomic E-state index is -1.60. The van der Waals surface area contributed by atoms with Gasteiger partial charge in [-0.15, -0.1) is 0 Å². The van der Waals surface area contributed by atoms with Crippen molar-refractivity contribution >= 4 is 5.69 Å². The molecule has 0 spiro atoms. The molecule has 1 aromatic heterocycles. The van der Waals surface area contributed by atoms with Crippen LogP contribution in [0.3, 0.4) is 0 Å². The zero-order chi connectivity index (χ0) is 13.3. The summed E-state index contributed by atoms with van der Waals surface area (Å²) in [7, 11) is 0. The van der Waals surface area contributed by atoms with Crippen molar-refractivity contribution in [1.29, 1.82) is 0 Å². The first-order valence-corrected chi connectivity index (χ1v) is 5.99. The van der Waals surface area contributed by atoms with Gasteiger partial charge in [-0.05, 0) is 25.7 Å². The van der Waals surface area contributed by atoms with Gasteiger partial charge in [0, 0.05) is 13.1 Å². The van der Waals surface area contributed by atoms with Crippen LogP contribution < -0.4 is 4.90 Å².